The lowest BCUT2D eigenvalue weighted by molar-refractivity contribution is 0.244. The summed E-state index contributed by atoms with van der Waals surface area (Å²) < 4.78 is 23.6. The predicted octanol–water partition coefficient (Wildman–Crippen LogP) is 3.73. The molecule has 0 atom stereocenters. The third-order valence-electron chi connectivity index (χ3n) is 2.82. The Bertz CT molecular complexity index is 534. The number of ether oxygens (including phenoxy) is 1. The van der Waals surface area contributed by atoms with Crippen molar-refractivity contribution >= 4 is 0 Å². The number of hydrogen-bond donors (Lipinski definition) is 1. The van der Waals surface area contributed by atoms with Crippen LogP contribution in [0, 0.1) is 5.82 Å². The molecule has 0 saturated heterocycles. The minimum Gasteiger partial charge on any atom is -0.502 e. The van der Waals surface area contributed by atoms with Gasteiger partial charge in [-0.1, -0.05) is 6.58 Å². The third-order valence-corrected chi connectivity index (χ3v) is 2.82. The van der Waals surface area contributed by atoms with Crippen molar-refractivity contribution in [2.45, 2.75) is 13.0 Å². The first-order valence-corrected chi connectivity index (χ1v) is 6.57. The summed E-state index contributed by atoms with van der Waals surface area (Å²) in [7, 11) is 0. The van der Waals surface area contributed by atoms with Crippen LogP contribution in [0.1, 0.15) is 12.2 Å². The molecule has 4 heteroatoms. The molecule has 0 bridgehead atoms. The minimum atomic E-state index is -0.246. The van der Waals surface area contributed by atoms with Crippen LogP contribution in [0.15, 0.2) is 53.7 Å². The van der Waals surface area contributed by atoms with Crippen LogP contribution in [-0.2, 0) is 11.3 Å². The smallest absolute Gasteiger partial charge is 0.134 e. The number of rotatable bonds is 8. The first-order valence-electron chi connectivity index (χ1n) is 6.57. The van der Waals surface area contributed by atoms with E-state index in [1.807, 2.05) is 12.1 Å². The molecule has 2 rings (SSSR count). The molecule has 3 nitrogen and oxygen atoms in total. The summed E-state index contributed by atoms with van der Waals surface area (Å²) in [6.07, 6.45) is 2.36. The predicted molar refractivity (Wildman–Crippen MR) is 76.6 cm³/mol. The van der Waals surface area contributed by atoms with E-state index < -0.39 is 0 Å². The Labute approximate surface area is 118 Å². The Morgan fingerprint density at radius 2 is 2.00 bits per heavy atom. The average molecular weight is 275 g/mol. The van der Waals surface area contributed by atoms with Crippen LogP contribution in [0.4, 0.5) is 4.39 Å². The Balaban J connectivity index is 1.80. The van der Waals surface area contributed by atoms with Gasteiger partial charge >= 0.3 is 0 Å². The van der Waals surface area contributed by atoms with Crippen molar-refractivity contribution < 1.29 is 13.5 Å². The molecular formula is C16H18FNO2. The van der Waals surface area contributed by atoms with Gasteiger partial charge in [0.15, 0.2) is 0 Å². The topological polar surface area (TPSA) is 34.4 Å². The summed E-state index contributed by atoms with van der Waals surface area (Å²) in [4.78, 5) is 0. The van der Waals surface area contributed by atoms with Crippen LogP contribution in [0.3, 0.4) is 0 Å². The van der Waals surface area contributed by atoms with E-state index >= 15 is 0 Å². The quantitative estimate of drug-likeness (QED) is 0.589. The zero-order chi connectivity index (χ0) is 14.2. The second kappa shape index (κ2) is 7.50. The molecule has 0 fully saturated rings. The van der Waals surface area contributed by atoms with Crippen molar-refractivity contribution in [1.82, 2.24) is 5.32 Å². The van der Waals surface area contributed by atoms with Crippen molar-refractivity contribution in [2.75, 3.05) is 13.2 Å². The molecule has 1 N–H and O–H groups in total. The van der Waals surface area contributed by atoms with Gasteiger partial charge in [-0.15, -0.1) is 0 Å². The van der Waals surface area contributed by atoms with Gasteiger partial charge in [-0.2, -0.15) is 0 Å². The molecule has 0 unspecified atom stereocenters. The van der Waals surface area contributed by atoms with Crippen molar-refractivity contribution in [1.29, 1.82) is 0 Å². The van der Waals surface area contributed by atoms with Crippen LogP contribution < -0.4 is 5.32 Å². The highest BCUT2D eigenvalue weighted by Crippen LogP contribution is 2.22. The van der Waals surface area contributed by atoms with Gasteiger partial charge in [-0.05, 0) is 49.4 Å². The van der Waals surface area contributed by atoms with E-state index in [-0.39, 0.29) is 5.82 Å². The second-order valence-electron chi connectivity index (χ2n) is 4.34. The molecular weight excluding hydrogens is 257 g/mol. The molecule has 1 aromatic carbocycles. The van der Waals surface area contributed by atoms with Gasteiger partial charge in [0.05, 0.1) is 19.4 Å². The van der Waals surface area contributed by atoms with E-state index in [0.29, 0.717) is 13.2 Å². The van der Waals surface area contributed by atoms with Crippen molar-refractivity contribution in [3.63, 3.8) is 0 Å². The van der Waals surface area contributed by atoms with Crippen molar-refractivity contribution in [2.24, 2.45) is 0 Å². The van der Waals surface area contributed by atoms with Gasteiger partial charge in [0, 0.05) is 5.56 Å². The number of nitrogens with one attached hydrogen (secondary N) is 1. The molecule has 0 amide bonds. The summed E-state index contributed by atoms with van der Waals surface area (Å²) in [5.74, 6) is 1.36. The molecule has 20 heavy (non-hydrogen) atoms. The maximum atomic E-state index is 12.8. The molecule has 1 aromatic heterocycles. The molecule has 106 valence electrons. The minimum absolute atomic E-state index is 0.246. The van der Waals surface area contributed by atoms with Gasteiger partial charge in [0.2, 0.25) is 0 Å². The van der Waals surface area contributed by atoms with E-state index in [2.05, 4.69) is 11.9 Å². The summed E-state index contributed by atoms with van der Waals surface area (Å²) >= 11 is 0. The maximum Gasteiger partial charge on any atom is 0.134 e. The lowest BCUT2D eigenvalue weighted by Crippen LogP contribution is -2.15. The molecule has 0 aliphatic rings. The van der Waals surface area contributed by atoms with Gasteiger partial charge in [-0.3, -0.25) is 0 Å². The van der Waals surface area contributed by atoms with E-state index in [9.17, 15) is 4.39 Å². The van der Waals surface area contributed by atoms with Crippen LogP contribution in [0.25, 0.3) is 11.3 Å². The van der Waals surface area contributed by atoms with Crippen molar-refractivity contribution in [3.05, 3.63) is 60.8 Å². The highest BCUT2D eigenvalue weighted by Gasteiger charge is 2.04. The highest BCUT2D eigenvalue weighted by atomic mass is 19.1. The Hall–Kier alpha value is -2.07. The van der Waals surface area contributed by atoms with Gasteiger partial charge in [0.25, 0.3) is 0 Å². The fraction of sp³-hybridized carbons (Fsp3) is 0.250. The Morgan fingerprint density at radius 1 is 1.20 bits per heavy atom. The van der Waals surface area contributed by atoms with Gasteiger partial charge in [-0.25, -0.2) is 4.39 Å². The second-order valence-corrected chi connectivity index (χ2v) is 4.34. The summed E-state index contributed by atoms with van der Waals surface area (Å²) in [5.41, 5.74) is 0.872. The van der Waals surface area contributed by atoms with E-state index in [1.165, 1.54) is 18.4 Å². The lowest BCUT2D eigenvalue weighted by Gasteiger charge is -2.02. The van der Waals surface area contributed by atoms with E-state index in [4.69, 9.17) is 9.15 Å². The number of benzene rings is 1. The van der Waals surface area contributed by atoms with Crippen LogP contribution in [0.5, 0.6) is 0 Å². The lowest BCUT2D eigenvalue weighted by atomic mass is 10.2. The molecule has 0 radical (unpaired) electrons. The fourth-order valence-electron chi connectivity index (χ4n) is 1.82. The van der Waals surface area contributed by atoms with Crippen molar-refractivity contribution in [3.8, 4) is 11.3 Å². The SMILES string of the molecule is C=COCCCNCc1ccc(-c2ccc(F)cc2)o1. The number of furan rings is 1. The fourth-order valence-corrected chi connectivity index (χ4v) is 1.82. The zero-order valence-electron chi connectivity index (χ0n) is 11.3. The number of halogens is 1. The molecule has 0 aliphatic heterocycles. The molecule has 0 aliphatic carbocycles. The molecule has 1 heterocycles. The summed E-state index contributed by atoms with van der Waals surface area (Å²) in [6.45, 7) is 5.65. The largest absolute Gasteiger partial charge is 0.502 e. The molecule has 2 aromatic rings. The van der Waals surface area contributed by atoms with Gasteiger partial charge < -0.3 is 14.5 Å². The summed E-state index contributed by atoms with van der Waals surface area (Å²) in [6, 6.07) is 10.1. The van der Waals surface area contributed by atoms with Crippen LogP contribution >= 0.6 is 0 Å². The standard InChI is InChI=1S/C16H18FNO2/c1-2-19-11-3-10-18-12-15-8-9-16(20-15)13-4-6-14(17)7-5-13/h2,4-9,18H,1,3,10-12H2. The van der Waals surface area contributed by atoms with Gasteiger partial charge in [0.1, 0.15) is 17.3 Å². The Kier molecular flexibility index (Phi) is 5.38. The van der Waals surface area contributed by atoms with E-state index in [0.717, 1.165) is 30.0 Å². The monoisotopic (exact) mass is 275 g/mol. The van der Waals surface area contributed by atoms with E-state index in [1.54, 1.807) is 12.1 Å². The van der Waals surface area contributed by atoms with Crippen LogP contribution in [0.2, 0.25) is 0 Å². The normalized spacial score (nSPS) is 10.4. The Morgan fingerprint density at radius 3 is 2.75 bits per heavy atom. The first kappa shape index (κ1) is 14.3. The average Bonchev–Trinajstić information content (AvgIpc) is 2.92. The molecule has 0 saturated carbocycles. The third kappa shape index (κ3) is 4.24. The zero-order valence-corrected chi connectivity index (χ0v) is 11.3. The first-order chi connectivity index (χ1) is 9.79. The highest BCUT2D eigenvalue weighted by molar-refractivity contribution is 5.57. The molecule has 0 spiro atoms. The summed E-state index contributed by atoms with van der Waals surface area (Å²) in [5, 5.41) is 3.27. The van der Waals surface area contributed by atoms with Crippen LogP contribution in [-0.4, -0.2) is 13.2 Å². The number of hydrogen-bond acceptors (Lipinski definition) is 3. The maximum absolute atomic E-state index is 12.8.